The molecule has 0 saturated carbocycles. The first-order valence-corrected chi connectivity index (χ1v) is 8.78. The SMILES string of the molecule is CC=C(C)CN1CCOc2c(cc(-c3ccc(Cl)cn3)cc2OC)C1. The van der Waals surface area contributed by atoms with Gasteiger partial charge in [0.25, 0.3) is 0 Å². The summed E-state index contributed by atoms with van der Waals surface area (Å²) in [6, 6.07) is 7.88. The van der Waals surface area contributed by atoms with E-state index in [1.165, 1.54) is 5.57 Å². The van der Waals surface area contributed by atoms with Gasteiger partial charge in [0.05, 0.1) is 17.8 Å². The first kappa shape index (κ1) is 17.8. The van der Waals surface area contributed by atoms with Crippen molar-refractivity contribution >= 4 is 11.6 Å². The first-order chi connectivity index (χ1) is 12.1. The molecule has 1 aliphatic heterocycles. The van der Waals surface area contributed by atoms with Crippen molar-refractivity contribution in [3.8, 4) is 22.8 Å². The topological polar surface area (TPSA) is 34.6 Å². The molecule has 132 valence electrons. The number of hydrogen-bond donors (Lipinski definition) is 0. The summed E-state index contributed by atoms with van der Waals surface area (Å²) in [7, 11) is 1.67. The van der Waals surface area contributed by atoms with E-state index in [2.05, 4.69) is 35.9 Å². The summed E-state index contributed by atoms with van der Waals surface area (Å²) in [5.41, 5.74) is 4.34. The van der Waals surface area contributed by atoms with Crippen LogP contribution in [0.5, 0.6) is 11.5 Å². The van der Waals surface area contributed by atoms with Gasteiger partial charge in [-0.2, -0.15) is 0 Å². The number of nitrogens with zero attached hydrogens (tertiary/aromatic N) is 2. The van der Waals surface area contributed by atoms with Crippen molar-refractivity contribution in [1.29, 1.82) is 0 Å². The normalized spacial score (nSPS) is 15.3. The van der Waals surface area contributed by atoms with Crippen LogP contribution in [0.25, 0.3) is 11.3 Å². The second-order valence-corrected chi connectivity index (χ2v) is 6.66. The van der Waals surface area contributed by atoms with Crippen LogP contribution in [-0.2, 0) is 6.54 Å². The number of benzene rings is 1. The Hall–Kier alpha value is -2.04. The van der Waals surface area contributed by atoms with Crippen molar-refractivity contribution in [2.24, 2.45) is 0 Å². The highest BCUT2D eigenvalue weighted by molar-refractivity contribution is 6.30. The van der Waals surface area contributed by atoms with Gasteiger partial charge < -0.3 is 9.47 Å². The molecule has 2 aromatic rings. The van der Waals surface area contributed by atoms with Crippen molar-refractivity contribution in [3.63, 3.8) is 0 Å². The molecule has 0 bridgehead atoms. The third-order valence-corrected chi connectivity index (χ3v) is 4.61. The third-order valence-electron chi connectivity index (χ3n) is 4.39. The lowest BCUT2D eigenvalue weighted by Crippen LogP contribution is -2.27. The molecule has 0 unspecified atom stereocenters. The first-order valence-electron chi connectivity index (χ1n) is 8.40. The molecule has 1 aromatic carbocycles. The largest absolute Gasteiger partial charge is 0.493 e. The second-order valence-electron chi connectivity index (χ2n) is 6.22. The molecule has 0 fully saturated rings. The lowest BCUT2D eigenvalue weighted by Gasteiger charge is -2.20. The predicted octanol–water partition coefficient (Wildman–Crippen LogP) is 4.57. The predicted molar refractivity (Wildman–Crippen MR) is 101 cm³/mol. The van der Waals surface area contributed by atoms with Crippen LogP contribution in [0.4, 0.5) is 0 Å². The molecule has 4 nitrogen and oxygen atoms in total. The number of allylic oxidation sites excluding steroid dienone is 1. The number of fused-ring (bicyclic) bond motifs is 1. The fourth-order valence-electron chi connectivity index (χ4n) is 2.96. The lowest BCUT2D eigenvalue weighted by molar-refractivity contribution is 0.235. The van der Waals surface area contributed by atoms with E-state index in [9.17, 15) is 0 Å². The summed E-state index contributed by atoms with van der Waals surface area (Å²) in [4.78, 5) is 6.81. The number of halogens is 1. The number of rotatable bonds is 4. The lowest BCUT2D eigenvalue weighted by atomic mass is 10.0. The summed E-state index contributed by atoms with van der Waals surface area (Å²) in [6.45, 7) is 7.52. The highest BCUT2D eigenvalue weighted by Crippen LogP contribution is 2.38. The van der Waals surface area contributed by atoms with Crippen molar-refractivity contribution in [1.82, 2.24) is 9.88 Å². The van der Waals surface area contributed by atoms with Crippen LogP contribution >= 0.6 is 11.6 Å². The van der Waals surface area contributed by atoms with Gasteiger partial charge in [0.15, 0.2) is 11.5 Å². The fraction of sp³-hybridized carbons (Fsp3) is 0.350. The Morgan fingerprint density at radius 2 is 2.24 bits per heavy atom. The Kier molecular flexibility index (Phi) is 5.61. The van der Waals surface area contributed by atoms with Crippen LogP contribution in [-0.4, -0.2) is 36.7 Å². The summed E-state index contributed by atoms with van der Waals surface area (Å²) < 4.78 is 11.6. The molecular weight excluding hydrogens is 336 g/mol. The van der Waals surface area contributed by atoms with E-state index in [1.807, 2.05) is 18.2 Å². The molecule has 0 amide bonds. The van der Waals surface area contributed by atoms with Crippen LogP contribution in [0.15, 0.2) is 42.1 Å². The number of aromatic nitrogens is 1. The maximum Gasteiger partial charge on any atom is 0.165 e. The molecule has 0 atom stereocenters. The number of methoxy groups -OCH3 is 1. The minimum atomic E-state index is 0.627. The zero-order chi connectivity index (χ0) is 17.8. The molecule has 1 aliphatic rings. The van der Waals surface area contributed by atoms with E-state index in [4.69, 9.17) is 21.1 Å². The van der Waals surface area contributed by atoms with Gasteiger partial charge in [0.1, 0.15) is 6.61 Å². The van der Waals surface area contributed by atoms with Crippen molar-refractivity contribution < 1.29 is 9.47 Å². The van der Waals surface area contributed by atoms with E-state index in [0.717, 1.165) is 48.0 Å². The Morgan fingerprint density at radius 1 is 1.40 bits per heavy atom. The Morgan fingerprint density at radius 3 is 2.92 bits per heavy atom. The highest BCUT2D eigenvalue weighted by atomic mass is 35.5. The van der Waals surface area contributed by atoms with E-state index in [0.29, 0.717) is 11.6 Å². The summed E-state index contributed by atoms with van der Waals surface area (Å²) in [5.74, 6) is 1.58. The molecule has 0 spiro atoms. The zero-order valence-electron chi connectivity index (χ0n) is 14.9. The molecular formula is C20H23ClN2O2. The molecule has 0 N–H and O–H groups in total. The Labute approximate surface area is 154 Å². The van der Waals surface area contributed by atoms with Crippen LogP contribution in [0.1, 0.15) is 19.4 Å². The van der Waals surface area contributed by atoms with Gasteiger partial charge in [-0.1, -0.05) is 23.3 Å². The van der Waals surface area contributed by atoms with E-state index in [-0.39, 0.29) is 0 Å². The van der Waals surface area contributed by atoms with Crippen LogP contribution < -0.4 is 9.47 Å². The Balaban J connectivity index is 1.98. The van der Waals surface area contributed by atoms with E-state index in [1.54, 1.807) is 13.3 Å². The third kappa shape index (κ3) is 4.14. The average Bonchev–Trinajstić information content (AvgIpc) is 2.83. The standard InChI is InChI=1S/C20H23ClN2O2/c1-4-14(2)12-23-7-8-25-20-16(13-23)9-15(10-19(20)24-3)18-6-5-17(21)11-22-18/h4-6,9-11H,7-8,12-13H2,1-3H3. The van der Waals surface area contributed by atoms with Gasteiger partial charge in [-0.3, -0.25) is 9.88 Å². The molecule has 0 aliphatic carbocycles. The maximum atomic E-state index is 6.00. The van der Waals surface area contributed by atoms with Crippen LogP contribution in [0.3, 0.4) is 0 Å². The van der Waals surface area contributed by atoms with E-state index < -0.39 is 0 Å². The van der Waals surface area contributed by atoms with Gasteiger partial charge >= 0.3 is 0 Å². The smallest absolute Gasteiger partial charge is 0.165 e. The van der Waals surface area contributed by atoms with Gasteiger partial charge in [-0.25, -0.2) is 0 Å². The summed E-state index contributed by atoms with van der Waals surface area (Å²) >= 11 is 5.96. The monoisotopic (exact) mass is 358 g/mol. The van der Waals surface area contributed by atoms with Crippen molar-refractivity contribution in [3.05, 3.63) is 52.7 Å². The molecule has 2 heterocycles. The minimum absolute atomic E-state index is 0.627. The molecule has 5 heteroatoms. The maximum absolute atomic E-state index is 6.00. The Bertz CT molecular complexity index is 772. The number of ether oxygens (including phenoxy) is 2. The molecule has 3 rings (SSSR count). The van der Waals surface area contributed by atoms with Crippen molar-refractivity contribution in [2.45, 2.75) is 20.4 Å². The van der Waals surface area contributed by atoms with Crippen molar-refractivity contribution in [2.75, 3.05) is 26.8 Å². The van der Waals surface area contributed by atoms with Gasteiger partial charge in [-0.05, 0) is 38.1 Å². The number of hydrogen-bond acceptors (Lipinski definition) is 4. The fourth-order valence-corrected chi connectivity index (χ4v) is 3.07. The van der Waals surface area contributed by atoms with Crippen LogP contribution in [0, 0.1) is 0 Å². The van der Waals surface area contributed by atoms with E-state index >= 15 is 0 Å². The quantitative estimate of drug-likeness (QED) is 0.750. The molecule has 25 heavy (non-hydrogen) atoms. The van der Waals surface area contributed by atoms with Gasteiger partial charge in [0, 0.05) is 37.0 Å². The second kappa shape index (κ2) is 7.89. The minimum Gasteiger partial charge on any atom is -0.493 e. The molecule has 0 saturated heterocycles. The average molecular weight is 359 g/mol. The van der Waals surface area contributed by atoms with Gasteiger partial charge in [0.2, 0.25) is 0 Å². The molecule has 1 aromatic heterocycles. The summed E-state index contributed by atoms with van der Waals surface area (Å²) in [6.07, 6.45) is 3.81. The zero-order valence-corrected chi connectivity index (χ0v) is 15.6. The summed E-state index contributed by atoms with van der Waals surface area (Å²) in [5, 5.41) is 0.627. The van der Waals surface area contributed by atoms with Crippen LogP contribution in [0.2, 0.25) is 5.02 Å². The molecule has 0 radical (unpaired) electrons. The van der Waals surface area contributed by atoms with Gasteiger partial charge in [-0.15, -0.1) is 0 Å². The highest BCUT2D eigenvalue weighted by Gasteiger charge is 2.20. The number of pyridine rings is 1.